The van der Waals surface area contributed by atoms with Gasteiger partial charge in [0.25, 0.3) is 0 Å². The maximum absolute atomic E-state index is 10.1. The minimum absolute atomic E-state index is 0.117. The van der Waals surface area contributed by atoms with Crippen molar-refractivity contribution >= 4 is 10.8 Å². The zero-order valence-electron chi connectivity index (χ0n) is 9.06. The van der Waals surface area contributed by atoms with E-state index in [1.807, 2.05) is 18.2 Å². The Morgan fingerprint density at radius 1 is 1.12 bits per heavy atom. The molecule has 2 aromatic rings. The fourth-order valence-electron chi connectivity index (χ4n) is 2.61. The van der Waals surface area contributed by atoms with Crippen LogP contribution in [0, 0.1) is 0 Å². The van der Waals surface area contributed by atoms with E-state index in [-0.39, 0.29) is 6.04 Å². The van der Waals surface area contributed by atoms with E-state index in [2.05, 4.69) is 18.2 Å². The molecule has 0 aromatic heterocycles. The van der Waals surface area contributed by atoms with E-state index >= 15 is 0 Å². The summed E-state index contributed by atoms with van der Waals surface area (Å²) in [6.45, 7) is 0. The van der Waals surface area contributed by atoms with Crippen LogP contribution >= 0.6 is 0 Å². The first-order chi connectivity index (χ1) is 7.77. The molecular weight excluding hydrogens is 198 g/mol. The summed E-state index contributed by atoms with van der Waals surface area (Å²) in [7, 11) is 0. The Bertz CT molecular complexity index is 535. The first-order valence-electron chi connectivity index (χ1n) is 5.71. The molecule has 0 amide bonds. The smallest absolute Gasteiger partial charge is 0.0943 e. The van der Waals surface area contributed by atoms with Gasteiger partial charge >= 0.3 is 0 Å². The molecule has 3 N–H and O–H groups in total. The second kappa shape index (κ2) is 3.58. The standard InChI is InChI=1S/C14H15NO/c15-13-8-7-11-10-4-2-1-3-9(10)5-6-12(11)14(13)16/h1-6,13-14,16H,7-8,15H2. The highest BCUT2D eigenvalue weighted by Gasteiger charge is 2.25. The predicted molar refractivity (Wildman–Crippen MR) is 65.2 cm³/mol. The molecule has 2 unspecified atom stereocenters. The molecule has 1 aliphatic rings. The molecule has 0 aliphatic heterocycles. The van der Waals surface area contributed by atoms with Gasteiger partial charge in [0.1, 0.15) is 0 Å². The van der Waals surface area contributed by atoms with E-state index < -0.39 is 6.10 Å². The molecule has 0 saturated carbocycles. The zero-order valence-corrected chi connectivity index (χ0v) is 9.06. The average molecular weight is 213 g/mol. The lowest BCUT2D eigenvalue weighted by Gasteiger charge is -2.28. The Balaban J connectivity index is 2.27. The maximum Gasteiger partial charge on any atom is 0.0943 e. The molecule has 0 fully saturated rings. The summed E-state index contributed by atoms with van der Waals surface area (Å²) in [4.78, 5) is 0. The van der Waals surface area contributed by atoms with Crippen molar-refractivity contribution < 1.29 is 5.11 Å². The van der Waals surface area contributed by atoms with Crippen molar-refractivity contribution in [3.63, 3.8) is 0 Å². The summed E-state index contributed by atoms with van der Waals surface area (Å²) in [5.74, 6) is 0. The molecule has 16 heavy (non-hydrogen) atoms. The molecule has 3 rings (SSSR count). The molecule has 1 aliphatic carbocycles. The van der Waals surface area contributed by atoms with E-state index in [4.69, 9.17) is 5.73 Å². The lowest BCUT2D eigenvalue weighted by Crippen LogP contribution is -2.33. The third-order valence-electron chi connectivity index (χ3n) is 3.53. The van der Waals surface area contributed by atoms with Gasteiger partial charge in [-0.1, -0.05) is 36.4 Å². The molecule has 0 radical (unpaired) electrons. The minimum Gasteiger partial charge on any atom is -0.387 e. The third-order valence-corrected chi connectivity index (χ3v) is 3.53. The Labute approximate surface area is 94.7 Å². The number of aliphatic hydroxyl groups excluding tert-OH is 1. The molecule has 0 heterocycles. The van der Waals surface area contributed by atoms with Gasteiger partial charge in [0, 0.05) is 6.04 Å². The number of benzene rings is 2. The zero-order chi connectivity index (χ0) is 11.1. The molecule has 0 bridgehead atoms. The van der Waals surface area contributed by atoms with Gasteiger partial charge in [0.15, 0.2) is 0 Å². The summed E-state index contributed by atoms with van der Waals surface area (Å²) in [5, 5.41) is 12.6. The van der Waals surface area contributed by atoms with Crippen molar-refractivity contribution in [1.29, 1.82) is 0 Å². The number of rotatable bonds is 0. The Kier molecular flexibility index (Phi) is 2.20. The molecule has 82 valence electrons. The van der Waals surface area contributed by atoms with Crippen molar-refractivity contribution in [2.75, 3.05) is 0 Å². The van der Waals surface area contributed by atoms with E-state index in [0.29, 0.717) is 0 Å². The van der Waals surface area contributed by atoms with Crippen LogP contribution in [0.1, 0.15) is 23.7 Å². The quantitative estimate of drug-likeness (QED) is 0.704. The van der Waals surface area contributed by atoms with Crippen molar-refractivity contribution in [2.45, 2.75) is 25.0 Å². The second-order valence-electron chi connectivity index (χ2n) is 4.50. The summed E-state index contributed by atoms with van der Waals surface area (Å²) in [6, 6.07) is 12.3. The van der Waals surface area contributed by atoms with Crippen LogP contribution in [0.25, 0.3) is 10.8 Å². The van der Waals surface area contributed by atoms with Crippen molar-refractivity contribution in [1.82, 2.24) is 0 Å². The third kappa shape index (κ3) is 1.34. The van der Waals surface area contributed by atoms with Gasteiger partial charge in [-0.15, -0.1) is 0 Å². The lowest BCUT2D eigenvalue weighted by atomic mass is 9.83. The van der Waals surface area contributed by atoms with Crippen LogP contribution in [-0.2, 0) is 6.42 Å². The highest BCUT2D eigenvalue weighted by Crippen LogP contribution is 2.33. The Morgan fingerprint density at radius 3 is 2.81 bits per heavy atom. The molecule has 2 aromatic carbocycles. The molecule has 0 spiro atoms. The Hall–Kier alpha value is -1.38. The number of nitrogens with two attached hydrogens (primary N) is 1. The van der Waals surface area contributed by atoms with Crippen LogP contribution in [-0.4, -0.2) is 11.1 Å². The lowest BCUT2D eigenvalue weighted by molar-refractivity contribution is 0.134. The van der Waals surface area contributed by atoms with Crippen LogP contribution in [0.4, 0.5) is 0 Å². The van der Waals surface area contributed by atoms with Crippen molar-refractivity contribution in [3.8, 4) is 0 Å². The molecule has 2 heteroatoms. The summed E-state index contributed by atoms with van der Waals surface area (Å²) in [5.41, 5.74) is 8.17. The Morgan fingerprint density at radius 2 is 1.94 bits per heavy atom. The minimum atomic E-state index is -0.506. The van der Waals surface area contributed by atoms with Crippen LogP contribution in [0.2, 0.25) is 0 Å². The number of hydrogen-bond acceptors (Lipinski definition) is 2. The van der Waals surface area contributed by atoms with E-state index in [9.17, 15) is 5.11 Å². The largest absolute Gasteiger partial charge is 0.387 e. The van der Waals surface area contributed by atoms with E-state index in [1.54, 1.807) is 0 Å². The first-order valence-corrected chi connectivity index (χ1v) is 5.71. The van der Waals surface area contributed by atoms with Gasteiger partial charge in [0.2, 0.25) is 0 Å². The first kappa shape index (κ1) is 9.82. The van der Waals surface area contributed by atoms with Crippen molar-refractivity contribution in [2.24, 2.45) is 5.73 Å². The number of hydrogen-bond donors (Lipinski definition) is 2. The van der Waals surface area contributed by atoms with E-state index in [1.165, 1.54) is 16.3 Å². The highest BCUT2D eigenvalue weighted by atomic mass is 16.3. The number of aliphatic hydroxyl groups is 1. The summed E-state index contributed by atoms with van der Waals surface area (Å²) < 4.78 is 0. The topological polar surface area (TPSA) is 46.2 Å². The van der Waals surface area contributed by atoms with Crippen LogP contribution in [0.15, 0.2) is 36.4 Å². The van der Waals surface area contributed by atoms with Gasteiger partial charge in [0.05, 0.1) is 6.10 Å². The summed E-state index contributed by atoms with van der Waals surface area (Å²) in [6.07, 6.45) is 1.32. The van der Waals surface area contributed by atoms with E-state index in [0.717, 1.165) is 18.4 Å². The fraction of sp³-hybridized carbons (Fsp3) is 0.286. The van der Waals surface area contributed by atoms with Gasteiger partial charge in [-0.25, -0.2) is 0 Å². The van der Waals surface area contributed by atoms with Crippen LogP contribution in [0.3, 0.4) is 0 Å². The number of fused-ring (bicyclic) bond motifs is 3. The normalized spacial score (nSPS) is 24.4. The van der Waals surface area contributed by atoms with Gasteiger partial charge < -0.3 is 10.8 Å². The second-order valence-corrected chi connectivity index (χ2v) is 4.50. The SMILES string of the molecule is NC1CCc2c(ccc3ccccc23)C1O. The number of aryl methyl sites for hydroxylation is 1. The summed E-state index contributed by atoms with van der Waals surface area (Å²) >= 11 is 0. The van der Waals surface area contributed by atoms with Crippen LogP contribution < -0.4 is 5.73 Å². The van der Waals surface area contributed by atoms with Gasteiger partial charge in [-0.3, -0.25) is 0 Å². The van der Waals surface area contributed by atoms with Crippen LogP contribution in [0.5, 0.6) is 0 Å². The van der Waals surface area contributed by atoms with Gasteiger partial charge in [-0.05, 0) is 34.7 Å². The van der Waals surface area contributed by atoms with Crippen molar-refractivity contribution in [3.05, 3.63) is 47.5 Å². The molecule has 0 saturated heterocycles. The molecule has 2 atom stereocenters. The maximum atomic E-state index is 10.1. The highest BCUT2D eigenvalue weighted by molar-refractivity contribution is 5.87. The monoisotopic (exact) mass is 213 g/mol. The van der Waals surface area contributed by atoms with Gasteiger partial charge in [-0.2, -0.15) is 0 Å². The molecule has 2 nitrogen and oxygen atoms in total. The average Bonchev–Trinajstić information content (AvgIpc) is 2.33. The predicted octanol–water partition coefficient (Wildman–Crippen LogP) is 2.15. The fourth-order valence-corrected chi connectivity index (χ4v) is 2.61. The molecular formula is C14H15NO.